The number of ether oxygens (including phenoxy) is 1. The van der Waals surface area contributed by atoms with E-state index in [1.165, 1.54) is 12.1 Å². The van der Waals surface area contributed by atoms with Crippen molar-refractivity contribution in [1.29, 1.82) is 0 Å². The first-order valence-corrected chi connectivity index (χ1v) is 6.67. The Hall–Kier alpha value is -2.40. The van der Waals surface area contributed by atoms with Gasteiger partial charge in [0.1, 0.15) is 17.3 Å². The molecule has 4 nitrogen and oxygen atoms in total. The minimum atomic E-state index is -0.569. The number of hydrogen-bond acceptors (Lipinski definition) is 3. The largest absolute Gasteiger partial charge is 0.456 e. The Morgan fingerprint density at radius 2 is 2.00 bits per heavy atom. The van der Waals surface area contributed by atoms with E-state index in [4.69, 9.17) is 10.5 Å². The standard InChI is InChI=1S/C16H17FN2O2/c1-2-19-10-11-9-12(17)7-8-14(11)21-15-6-4-3-5-13(15)16(18)20/h3-9,19H,2,10H2,1H3,(H2,18,20). The van der Waals surface area contributed by atoms with Crippen LogP contribution in [-0.2, 0) is 6.54 Å². The molecule has 3 N–H and O–H groups in total. The molecule has 0 aliphatic rings. The molecule has 0 bridgehead atoms. The van der Waals surface area contributed by atoms with Crippen LogP contribution < -0.4 is 15.8 Å². The molecule has 0 radical (unpaired) electrons. The maximum absolute atomic E-state index is 13.4. The van der Waals surface area contributed by atoms with Crippen LogP contribution in [0.4, 0.5) is 4.39 Å². The van der Waals surface area contributed by atoms with E-state index >= 15 is 0 Å². The van der Waals surface area contributed by atoms with E-state index in [0.29, 0.717) is 23.6 Å². The Morgan fingerprint density at radius 1 is 1.24 bits per heavy atom. The number of amides is 1. The molecule has 0 saturated carbocycles. The smallest absolute Gasteiger partial charge is 0.252 e. The summed E-state index contributed by atoms with van der Waals surface area (Å²) >= 11 is 0. The number of carbonyl (C=O) groups excluding carboxylic acids is 1. The molecular weight excluding hydrogens is 271 g/mol. The minimum Gasteiger partial charge on any atom is -0.456 e. The van der Waals surface area contributed by atoms with E-state index in [1.807, 2.05) is 6.92 Å². The molecule has 110 valence electrons. The van der Waals surface area contributed by atoms with Crippen LogP contribution in [0.3, 0.4) is 0 Å². The van der Waals surface area contributed by atoms with Crippen molar-refractivity contribution in [3.8, 4) is 11.5 Å². The van der Waals surface area contributed by atoms with Gasteiger partial charge >= 0.3 is 0 Å². The van der Waals surface area contributed by atoms with Crippen molar-refractivity contribution in [2.24, 2.45) is 5.73 Å². The lowest BCUT2D eigenvalue weighted by Gasteiger charge is -2.13. The van der Waals surface area contributed by atoms with E-state index in [1.54, 1.807) is 30.3 Å². The molecule has 1 amide bonds. The normalized spacial score (nSPS) is 10.4. The van der Waals surface area contributed by atoms with E-state index in [9.17, 15) is 9.18 Å². The van der Waals surface area contributed by atoms with Crippen LogP contribution in [0.25, 0.3) is 0 Å². The third-order valence-electron chi connectivity index (χ3n) is 2.96. The molecule has 5 heteroatoms. The molecule has 0 aliphatic carbocycles. The van der Waals surface area contributed by atoms with Gasteiger partial charge in [0.15, 0.2) is 0 Å². The van der Waals surface area contributed by atoms with Gasteiger partial charge in [-0.05, 0) is 36.9 Å². The summed E-state index contributed by atoms with van der Waals surface area (Å²) in [6, 6.07) is 11.0. The fraction of sp³-hybridized carbons (Fsp3) is 0.188. The van der Waals surface area contributed by atoms with Crippen LogP contribution >= 0.6 is 0 Å². The van der Waals surface area contributed by atoms with Crippen molar-refractivity contribution < 1.29 is 13.9 Å². The predicted octanol–water partition coefficient (Wildman–Crippen LogP) is 2.83. The van der Waals surface area contributed by atoms with E-state index in [-0.39, 0.29) is 11.4 Å². The number of para-hydroxylation sites is 1. The second-order valence-electron chi connectivity index (χ2n) is 4.49. The Morgan fingerprint density at radius 3 is 2.71 bits per heavy atom. The lowest BCUT2D eigenvalue weighted by Crippen LogP contribution is -2.14. The van der Waals surface area contributed by atoms with Crippen molar-refractivity contribution in [3.05, 3.63) is 59.4 Å². The summed E-state index contributed by atoms with van der Waals surface area (Å²) < 4.78 is 19.1. The summed E-state index contributed by atoms with van der Waals surface area (Å²) in [4.78, 5) is 11.4. The van der Waals surface area contributed by atoms with Gasteiger partial charge in [0, 0.05) is 12.1 Å². The number of nitrogens with two attached hydrogens (primary N) is 1. The quantitative estimate of drug-likeness (QED) is 0.859. The maximum atomic E-state index is 13.4. The lowest BCUT2D eigenvalue weighted by atomic mass is 10.1. The zero-order valence-electron chi connectivity index (χ0n) is 11.7. The van der Waals surface area contributed by atoms with Crippen LogP contribution in [0.15, 0.2) is 42.5 Å². The van der Waals surface area contributed by atoms with Gasteiger partial charge < -0.3 is 15.8 Å². The first-order valence-electron chi connectivity index (χ1n) is 6.67. The zero-order valence-corrected chi connectivity index (χ0v) is 11.7. The Kier molecular flexibility index (Phi) is 4.90. The van der Waals surface area contributed by atoms with Crippen LogP contribution in [0.5, 0.6) is 11.5 Å². The van der Waals surface area contributed by atoms with Crippen LogP contribution in [0.1, 0.15) is 22.8 Å². The van der Waals surface area contributed by atoms with E-state index in [0.717, 1.165) is 6.54 Å². The number of hydrogen-bond donors (Lipinski definition) is 2. The Bertz CT molecular complexity index is 644. The summed E-state index contributed by atoms with van der Waals surface area (Å²) in [5.74, 6) is -0.0557. The number of nitrogens with one attached hydrogen (secondary N) is 1. The summed E-state index contributed by atoms with van der Waals surface area (Å²) in [5, 5.41) is 3.12. The molecule has 0 atom stereocenters. The molecule has 0 saturated heterocycles. The van der Waals surface area contributed by atoms with Gasteiger partial charge in [0.2, 0.25) is 0 Å². The summed E-state index contributed by atoms with van der Waals surface area (Å²) in [5.41, 5.74) is 6.28. The minimum absolute atomic E-state index is 0.288. The first kappa shape index (κ1) is 15.0. The third-order valence-corrected chi connectivity index (χ3v) is 2.96. The van der Waals surface area contributed by atoms with Crippen molar-refractivity contribution in [3.63, 3.8) is 0 Å². The van der Waals surface area contributed by atoms with E-state index in [2.05, 4.69) is 5.32 Å². The molecule has 2 rings (SSSR count). The fourth-order valence-corrected chi connectivity index (χ4v) is 1.92. The van der Waals surface area contributed by atoms with Gasteiger partial charge in [0.05, 0.1) is 5.56 Å². The summed E-state index contributed by atoms with van der Waals surface area (Å²) in [6.45, 7) is 3.19. The molecule has 0 aliphatic heterocycles. The molecule has 2 aromatic carbocycles. The maximum Gasteiger partial charge on any atom is 0.252 e. The molecule has 0 fully saturated rings. The van der Waals surface area contributed by atoms with Crippen LogP contribution in [0.2, 0.25) is 0 Å². The predicted molar refractivity (Wildman–Crippen MR) is 78.8 cm³/mol. The highest BCUT2D eigenvalue weighted by Gasteiger charge is 2.12. The van der Waals surface area contributed by atoms with Gasteiger partial charge in [0.25, 0.3) is 5.91 Å². The first-order chi connectivity index (χ1) is 10.1. The molecule has 0 aromatic heterocycles. The SMILES string of the molecule is CCNCc1cc(F)ccc1Oc1ccccc1C(N)=O. The van der Waals surface area contributed by atoms with Crippen molar-refractivity contribution >= 4 is 5.91 Å². The molecular formula is C16H17FN2O2. The molecule has 0 unspecified atom stereocenters. The Labute approximate surface area is 122 Å². The molecule has 0 spiro atoms. The topological polar surface area (TPSA) is 64.3 Å². The second-order valence-corrected chi connectivity index (χ2v) is 4.49. The van der Waals surface area contributed by atoms with Crippen molar-refractivity contribution in [1.82, 2.24) is 5.32 Å². The van der Waals surface area contributed by atoms with Gasteiger partial charge in [-0.3, -0.25) is 4.79 Å². The van der Waals surface area contributed by atoms with Crippen molar-refractivity contribution in [2.75, 3.05) is 6.54 Å². The molecule has 21 heavy (non-hydrogen) atoms. The highest BCUT2D eigenvalue weighted by atomic mass is 19.1. The fourth-order valence-electron chi connectivity index (χ4n) is 1.92. The second kappa shape index (κ2) is 6.85. The van der Waals surface area contributed by atoms with Gasteiger partial charge in [-0.15, -0.1) is 0 Å². The highest BCUT2D eigenvalue weighted by Crippen LogP contribution is 2.28. The monoisotopic (exact) mass is 288 g/mol. The van der Waals surface area contributed by atoms with E-state index < -0.39 is 5.91 Å². The number of rotatable bonds is 6. The lowest BCUT2D eigenvalue weighted by molar-refractivity contribution is 0.0998. The van der Waals surface area contributed by atoms with Gasteiger partial charge in [-0.25, -0.2) is 4.39 Å². The number of carbonyl (C=O) groups is 1. The average Bonchev–Trinajstić information content (AvgIpc) is 2.47. The number of benzene rings is 2. The number of halogens is 1. The van der Waals surface area contributed by atoms with Crippen LogP contribution in [-0.4, -0.2) is 12.5 Å². The summed E-state index contributed by atoms with van der Waals surface area (Å²) in [7, 11) is 0. The van der Waals surface area contributed by atoms with Crippen molar-refractivity contribution in [2.45, 2.75) is 13.5 Å². The average molecular weight is 288 g/mol. The summed E-state index contributed by atoms with van der Waals surface area (Å²) in [6.07, 6.45) is 0. The number of primary amides is 1. The highest BCUT2D eigenvalue weighted by molar-refractivity contribution is 5.95. The van der Waals surface area contributed by atoms with Crippen LogP contribution in [0, 0.1) is 5.82 Å². The Balaban J connectivity index is 2.33. The van der Waals surface area contributed by atoms with Gasteiger partial charge in [-0.2, -0.15) is 0 Å². The molecule has 2 aromatic rings. The zero-order chi connectivity index (χ0) is 15.2. The van der Waals surface area contributed by atoms with Gasteiger partial charge in [-0.1, -0.05) is 19.1 Å². The third kappa shape index (κ3) is 3.79. The molecule has 0 heterocycles.